The van der Waals surface area contributed by atoms with Crippen molar-refractivity contribution < 1.29 is 45.8 Å². The Hall–Kier alpha value is -2.25. The van der Waals surface area contributed by atoms with Crippen molar-refractivity contribution in [3.05, 3.63) is 59.7 Å². The van der Waals surface area contributed by atoms with E-state index in [1.807, 2.05) is 48.5 Å². The molecule has 204 valence electrons. The molecule has 0 N–H and O–H groups in total. The van der Waals surface area contributed by atoms with Gasteiger partial charge in [-0.15, -0.1) is 0 Å². The molecule has 37 heavy (non-hydrogen) atoms. The molecule has 2 aliphatic heterocycles. The van der Waals surface area contributed by atoms with E-state index >= 15 is 0 Å². The van der Waals surface area contributed by atoms with Crippen LogP contribution >= 0.6 is 0 Å². The predicted octanol–water partition coefficient (Wildman–Crippen LogP) is 3.03. The van der Waals surface area contributed by atoms with Crippen LogP contribution in [0.2, 0.25) is 0 Å². The van der Waals surface area contributed by atoms with E-state index in [0.29, 0.717) is 0 Å². The second-order valence-electron chi connectivity index (χ2n) is 9.54. The molecular formula is C26H34O10S. The largest absolute Gasteiger partial charge is 0.497 e. The molecule has 0 saturated carbocycles. The van der Waals surface area contributed by atoms with Gasteiger partial charge in [0, 0.05) is 0 Å². The van der Waals surface area contributed by atoms with Gasteiger partial charge in [-0.05, 0) is 49.2 Å². The number of hydrogen-bond donors (Lipinski definition) is 0. The molecule has 10 nitrogen and oxygen atoms in total. The smallest absolute Gasteiger partial charge is 0.264 e. The summed E-state index contributed by atoms with van der Waals surface area (Å²) in [4.78, 5) is 0. The van der Waals surface area contributed by atoms with E-state index in [1.54, 1.807) is 28.1 Å². The first-order chi connectivity index (χ1) is 17.5. The second-order valence-corrected chi connectivity index (χ2v) is 11.2. The van der Waals surface area contributed by atoms with Crippen molar-refractivity contribution >= 4 is 10.1 Å². The number of ether oxygens (including phenoxy) is 7. The highest BCUT2D eigenvalue weighted by Gasteiger charge is 2.63. The second kappa shape index (κ2) is 11.2. The van der Waals surface area contributed by atoms with Gasteiger partial charge < -0.3 is 33.2 Å². The lowest BCUT2D eigenvalue weighted by Gasteiger charge is -2.36. The van der Waals surface area contributed by atoms with Crippen LogP contribution in [-0.4, -0.2) is 72.0 Å². The van der Waals surface area contributed by atoms with Crippen LogP contribution < -0.4 is 9.47 Å². The van der Waals surface area contributed by atoms with Crippen LogP contribution in [0.1, 0.15) is 25.0 Å². The molecule has 2 aliphatic rings. The van der Waals surface area contributed by atoms with Crippen molar-refractivity contribution in [2.75, 3.05) is 33.7 Å². The van der Waals surface area contributed by atoms with Gasteiger partial charge in [-0.3, -0.25) is 4.18 Å². The van der Waals surface area contributed by atoms with Crippen LogP contribution in [-0.2, 0) is 51.2 Å². The van der Waals surface area contributed by atoms with Crippen molar-refractivity contribution in [2.45, 2.75) is 56.9 Å². The van der Waals surface area contributed by atoms with E-state index in [1.165, 1.54) is 0 Å². The normalized spacial score (nSPS) is 26.7. The zero-order valence-electron chi connectivity index (χ0n) is 21.7. The van der Waals surface area contributed by atoms with Crippen LogP contribution in [0.25, 0.3) is 0 Å². The van der Waals surface area contributed by atoms with Crippen molar-refractivity contribution in [2.24, 2.45) is 0 Å². The molecule has 0 spiro atoms. The molecule has 2 fully saturated rings. The zero-order chi connectivity index (χ0) is 26.7. The maximum absolute atomic E-state index is 11.9. The summed E-state index contributed by atoms with van der Waals surface area (Å²) in [6.07, 6.45) is -1.18. The summed E-state index contributed by atoms with van der Waals surface area (Å²) < 4.78 is 70.2. The molecule has 0 aromatic heterocycles. The number of methoxy groups -OCH3 is 2. The Labute approximate surface area is 217 Å². The highest BCUT2D eigenvalue weighted by Crippen LogP contribution is 2.44. The molecule has 2 aromatic rings. The first-order valence-corrected chi connectivity index (χ1v) is 13.7. The van der Waals surface area contributed by atoms with E-state index < -0.39 is 40.0 Å². The zero-order valence-corrected chi connectivity index (χ0v) is 22.5. The van der Waals surface area contributed by atoms with Crippen molar-refractivity contribution in [1.82, 2.24) is 0 Å². The van der Waals surface area contributed by atoms with E-state index in [4.69, 9.17) is 37.3 Å². The molecule has 4 rings (SSSR count). The summed E-state index contributed by atoms with van der Waals surface area (Å²) in [6.45, 7) is 3.67. The van der Waals surface area contributed by atoms with Gasteiger partial charge in [0.15, 0.2) is 12.1 Å². The number of hydrogen-bond acceptors (Lipinski definition) is 10. The molecule has 0 radical (unpaired) electrons. The van der Waals surface area contributed by atoms with Gasteiger partial charge in [-0.1, -0.05) is 24.3 Å². The first kappa shape index (κ1) is 27.8. The summed E-state index contributed by atoms with van der Waals surface area (Å²) >= 11 is 0. The minimum absolute atomic E-state index is 0.0258. The van der Waals surface area contributed by atoms with Crippen LogP contribution in [0.4, 0.5) is 0 Å². The fourth-order valence-corrected chi connectivity index (χ4v) is 4.76. The fourth-order valence-electron chi connectivity index (χ4n) is 4.35. The summed E-state index contributed by atoms with van der Waals surface area (Å²) in [7, 11) is -0.580. The van der Waals surface area contributed by atoms with Gasteiger partial charge in [0.25, 0.3) is 10.1 Å². The van der Waals surface area contributed by atoms with E-state index in [9.17, 15) is 8.42 Å². The summed E-state index contributed by atoms with van der Waals surface area (Å²) in [5, 5.41) is 0. The monoisotopic (exact) mass is 538 g/mol. The highest BCUT2D eigenvalue weighted by molar-refractivity contribution is 7.85. The third-order valence-corrected chi connectivity index (χ3v) is 6.68. The quantitative estimate of drug-likeness (QED) is 0.374. The Balaban J connectivity index is 1.55. The molecule has 0 aliphatic carbocycles. The minimum Gasteiger partial charge on any atom is -0.497 e. The lowest BCUT2D eigenvalue weighted by Crippen LogP contribution is -2.53. The molecule has 0 unspecified atom stereocenters. The maximum Gasteiger partial charge on any atom is 0.264 e. The van der Waals surface area contributed by atoms with E-state index in [0.717, 1.165) is 28.9 Å². The summed E-state index contributed by atoms with van der Waals surface area (Å²) in [5.74, 6) is 0.563. The Bertz CT molecular complexity index is 1130. The summed E-state index contributed by atoms with van der Waals surface area (Å²) in [5.41, 5.74) is 0.482. The average Bonchev–Trinajstić information content (AvgIpc) is 3.30. The van der Waals surface area contributed by atoms with Gasteiger partial charge in [0.2, 0.25) is 0 Å². The van der Waals surface area contributed by atoms with Crippen molar-refractivity contribution in [3.63, 3.8) is 0 Å². The van der Waals surface area contributed by atoms with Crippen LogP contribution in [0.15, 0.2) is 48.5 Å². The van der Waals surface area contributed by atoms with Crippen LogP contribution in [0, 0.1) is 0 Å². The number of benzene rings is 2. The molecule has 2 saturated heterocycles. The first-order valence-electron chi connectivity index (χ1n) is 11.9. The van der Waals surface area contributed by atoms with Gasteiger partial charge >= 0.3 is 0 Å². The predicted molar refractivity (Wildman–Crippen MR) is 133 cm³/mol. The minimum atomic E-state index is -3.78. The molecule has 4 atom stereocenters. The average molecular weight is 539 g/mol. The Morgan fingerprint density at radius 1 is 0.811 bits per heavy atom. The lowest BCUT2D eigenvalue weighted by molar-refractivity contribution is -0.260. The molecule has 0 amide bonds. The molecule has 11 heteroatoms. The molecule has 2 aromatic carbocycles. The third-order valence-electron chi connectivity index (χ3n) is 6.14. The third kappa shape index (κ3) is 6.99. The summed E-state index contributed by atoms with van der Waals surface area (Å²) in [6, 6.07) is 14.9. The van der Waals surface area contributed by atoms with Gasteiger partial charge in [0.1, 0.15) is 35.9 Å². The van der Waals surface area contributed by atoms with Crippen molar-refractivity contribution in [1.29, 1.82) is 0 Å². The Morgan fingerprint density at radius 3 is 1.92 bits per heavy atom. The maximum atomic E-state index is 11.9. The van der Waals surface area contributed by atoms with Crippen molar-refractivity contribution in [3.8, 4) is 11.5 Å². The van der Waals surface area contributed by atoms with Gasteiger partial charge in [-0.25, -0.2) is 0 Å². The van der Waals surface area contributed by atoms with E-state index in [2.05, 4.69) is 0 Å². The Morgan fingerprint density at radius 2 is 1.38 bits per heavy atom. The fraction of sp³-hybridized carbons (Fsp3) is 0.538. The van der Waals surface area contributed by atoms with Gasteiger partial charge in [-0.2, -0.15) is 8.42 Å². The number of fused-ring (bicyclic) bond motifs is 1. The highest BCUT2D eigenvalue weighted by atomic mass is 32.2. The Kier molecular flexibility index (Phi) is 8.44. The topological polar surface area (TPSA) is 108 Å². The standard InChI is InChI=1S/C26H34O10S/c1-25(2)34-22-23(32-15-19-8-12-21(30-4)13-9-19)26(36-24(22)35-25,17-33-37(5,27)28)16-31-14-18-6-10-20(29-3)11-7-18/h6-13,22-24H,14-17H2,1-5H3/t22-,23+,24+,26+/m1/s1. The van der Waals surface area contributed by atoms with E-state index in [-0.39, 0.29) is 26.4 Å². The molecule has 2 heterocycles. The number of rotatable bonds is 12. The molecule has 0 bridgehead atoms. The SMILES string of the molecule is COc1ccc(COC[C@@]2(COS(C)(=O)=O)O[C@@H]3OC(C)(C)O[C@@H]3[C@@H]2OCc2ccc(OC)cc2)cc1. The molecular weight excluding hydrogens is 504 g/mol. The van der Waals surface area contributed by atoms with Crippen LogP contribution in [0.3, 0.4) is 0 Å². The van der Waals surface area contributed by atoms with Crippen LogP contribution in [0.5, 0.6) is 11.5 Å². The van der Waals surface area contributed by atoms with Gasteiger partial charge in [0.05, 0.1) is 40.3 Å². The lowest BCUT2D eigenvalue weighted by atomic mass is 9.96.